The summed E-state index contributed by atoms with van der Waals surface area (Å²) in [6.45, 7) is -0.0735. The van der Waals surface area contributed by atoms with Crippen molar-refractivity contribution in [3.63, 3.8) is 0 Å². The second-order valence-corrected chi connectivity index (χ2v) is 3.61. The largest absolute Gasteiger partial charge is 0.471 e. The number of alkyl halides is 3. The molecule has 1 atom stereocenters. The summed E-state index contributed by atoms with van der Waals surface area (Å²) in [5.74, 6) is -2.36. The van der Waals surface area contributed by atoms with Crippen LogP contribution in [0.25, 0.3) is 0 Å². The summed E-state index contributed by atoms with van der Waals surface area (Å²) in [7, 11) is 2.85. The molecule has 0 fully saturated rings. The van der Waals surface area contributed by atoms with E-state index in [-0.39, 0.29) is 6.54 Å². The summed E-state index contributed by atoms with van der Waals surface area (Å²) in [5, 5.41) is 4.49. The number of rotatable bonds is 7. The van der Waals surface area contributed by atoms with Crippen LogP contribution in [0.4, 0.5) is 13.2 Å². The van der Waals surface area contributed by atoms with E-state index in [4.69, 9.17) is 0 Å². The number of likely N-dealkylation sites (N-methyl/N-ethyl adjacent to an activating group) is 1. The standard InChI is InChI=1S/C10H17F3N2O3/c1-14-7(8(16)18-2)5-3-4-6-15-9(17)10(11,12)13/h7,14H,3-6H2,1-2H3,(H,15,17). The third kappa shape index (κ3) is 6.43. The van der Waals surface area contributed by atoms with Crippen LogP contribution in [-0.2, 0) is 14.3 Å². The molecule has 0 aliphatic heterocycles. The Morgan fingerprint density at radius 2 is 1.89 bits per heavy atom. The zero-order valence-electron chi connectivity index (χ0n) is 10.3. The molecule has 1 amide bonds. The van der Waals surface area contributed by atoms with Crippen molar-refractivity contribution in [2.24, 2.45) is 0 Å². The fourth-order valence-corrected chi connectivity index (χ4v) is 1.30. The summed E-state index contributed by atoms with van der Waals surface area (Å²) >= 11 is 0. The van der Waals surface area contributed by atoms with Crippen molar-refractivity contribution in [3.05, 3.63) is 0 Å². The van der Waals surface area contributed by atoms with Gasteiger partial charge in [-0.25, -0.2) is 0 Å². The molecule has 0 aromatic rings. The van der Waals surface area contributed by atoms with E-state index in [2.05, 4.69) is 10.1 Å². The summed E-state index contributed by atoms with van der Waals surface area (Å²) in [6, 6.07) is -0.478. The monoisotopic (exact) mass is 270 g/mol. The van der Waals surface area contributed by atoms with Crippen LogP contribution in [0.3, 0.4) is 0 Å². The van der Waals surface area contributed by atoms with Gasteiger partial charge in [-0.05, 0) is 26.3 Å². The molecule has 0 bridgehead atoms. The minimum Gasteiger partial charge on any atom is -0.468 e. The lowest BCUT2D eigenvalue weighted by molar-refractivity contribution is -0.173. The normalized spacial score (nSPS) is 12.9. The first-order valence-corrected chi connectivity index (χ1v) is 5.43. The van der Waals surface area contributed by atoms with Gasteiger partial charge in [-0.15, -0.1) is 0 Å². The minimum atomic E-state index is -4.85. The number of hydrogen-bond acceptors (Lipinski definition) is 4. The van der Waals surface area contributed by atoms with E-state index in [9.17, 15) is 22.8 Å². The van der Waals surface area contributed by atoms with Gasteiger partial charge < -0.3 is 15.4 Å². The van der Waals surface area contributed by atoms with Crippen LogP contribution < -0.4 is 10.6 Å². The van der Waals surface area contributed by atoms with Crippen LogP contribution in [0.5, 0.6) is 0 Å². The first-order chi connectivity index (χ1) is 8.32. The molecule has 106 valence electrons. The number of methoxy groups -OCH3 is 1. The molecule has 0 aliphatic rings. The molecule has 18 heavy (non-hydrogen) atoms. The lowest BCUT2D eigenvalue weighted by Crippen LogP contribution is -2.37. The molecule has 0 aromatic heterocycles. The fourth-order valence-electron chi connectivity index (χ4n) is 1.30. The average Bonchev–Trinajstić information content (AvgIpc) is 2.31. The lowest BCUT2D eigenvalue weighted by atomic mass is 10.1. The average molecular weight is 270 g/mol. The van der Waals surface area contributed by atoms with Crippen molar-refractivity contribution in [1.29, 1.82) is 0 Å². The maximum atomic E-state index is 11.8. The Hall–Kier alpha value is -1.31. The number of carbonyl (C=O) groups excluding carboxylic acids is 2. The van der Waals surface area contributed by atoms with E-state index in [1.54, 1.807) is 12.4 Å². The van der Waals surface area contributed by atoms with Gasteiger partial charge in [0.2, 0.25) is 0 Å². The van der Waals surface area contributed by atoms with Crippen molar-refractivity contribution >= 4 is 11.9 Å². The van der Waals surface area contributed by atoms with Gasteiger partial charge >= 0.3 is 18.1 Å². The number of amides is 1. The first kappa shape index (κ1) is 16.7. The van der Waals surface area contributed by atoms with Crippen molar-refractivity contribution in [2.45, 2.75) is 31.5 Å². The lowest BCUT2D eigenvalue weighted by Gasteiger charge is -2.13. The van der Waals surface area contributed by atoms with Crippen LogP contribution in [-0.4, -0.2) is 44.8 Å². The van der Waals surface area contributed by atoms with E-state index in [1.807, 2.05) is 0 Å². The maximum absolute atomic E-state index is 11.8. The summed E-state index contributed by atoms with van der Waals surface area (Å²) < 4.78 is 40.0. The molecule has 0 rings (SSSR count). The van der Waals surface area contributed by atoms with Gasteiger partial charge in [0.15, 0.2) is 0 Å². The summed E-state index contributed by atoms with van der Waals surface area (Å²) in [5.41, 5.74) is 0. The highest BCUT2D eigenvalue weighted by Crippen LogP contribution is 2.14. The minimum absolute atomic E-state index is 0.0735. The molecular weight excluding hydrogens is 253 g/mol. The van der Waals surface area contributed by atoms with Gasteiger partial charge in [-0.1, -0.05) is 0 Å². The number of esters is 1. The van der Waals surface area contributed by atoms with Crippen molar-refractivity contribution < 1.29 is 27.5 Å². The Balaban J connectivity index is 3.74. The topological polar surface area (TPSA) is 67.4 Å². The van der Waals surface area contributed by atoms with Crippen molar-refractivity contribution in [3.8, 4) is 0 Å². The molecule has 0 radical (unpaired) electrons. The first-order valence-electron chi connectivity index (χ1n) is 5.43. The summed E-state index contributed by atoms with van der Waals surface area (Å²) in [6.07, 6.45) is -3.56. The zero-order chi connectivity index (χ0) is 14.2. The fraction of sp³-hybridized carbons (Fsp3) is 0.800. The Kier molecular flexibility index (Phi) is 7.33. The van der Waals surface area contributed by atoms with Gasteiger partial charge in [0, 0.05) is 6.54 Å². The van der Waals surface area contributed by atoms with Crippen LogP contribution in [0.15, 0.2) is 0 Å². The third-order valence-corrected chi connectivity index (χ3v) is 2.30. The van der Waals surface area contributed by atoms with E-state index in [0.29, 0.717) is 19.3 Å². The Morgan fingerprint density at radius 1 is 1.28 bits per heavy atom. The quantitative estimate of drug-likeness (QED) is 0.525. The second kappa shape index (κ2) is 7.91. The van der Waals surface area contributed by atoms with Gasteiger partial charge in [-0.3, -0.25) is 9.59 Å². The zero-order valence-corrected chi connectivity index (χ0v) is 10.3. The smallest absolute Gasteiger partial charge is 0.468 e. The molecular formula is C10H17F3N2O3. The SMILES string of the molecule is CNC(CCCCNC(=O)C(F)(F)F)C(=O)OC. The van der Waals surface area contributed by atoms with Gasteiger partial charge in [0.1, 0.15) is 6.04 Å². The molecule has 0 aliphatic carbocycles. The predicted molar refractivity (Wildman–Crippen MR) is 57.8 cm³/mol. The molecule has 2 N–H and O–H groups in total. The van der Waals surface area contributed by atoms with E-state index < -0.39 is 24.1 Å². The Morgan fingerprint density at radius 3 is 2.33 bits per heavy atom. The van der Waals surface area contributed by atoms with Crippen molar-refractivity contribution in [2.75, 3.05) is 20.7 Å². The van der Waals surface area contributed by atoms with E-state index in [1.165, 1.54) is 7.11 Å². The molecule has 0 spiro atoms. The number of hydrogen-bond donors (Lipinski definition) is 2. The highest BCUT2D eigenvalue weighted by Gasteiger charge is 2.38. The number of nitrogens with one attached hydrogen (secondary N) is 2. The molecule has 0 saturated carbocycles. The Bertz CT molecular complexity index is 282. The van der Waals surface area contributed by atoms with Crippen LogP contribution >= 0.6 is 0 Å². The maximum Gasteiger partial charge on any atom is 0.471 e. The number of ether oxygens (including phenoxy) is 1. The van der Waals surface area contributed by atoms with Gasteiger partial charge in [-0.2, -0.15) is 13.2 Å². The molecule has 1 unspecified atom stereocenters. The van der Waals surface area contributed by atoms with Crippen LogP contribution in [0, 0.1) is 0 Å². The third-order valence-electron chi connectivity index (χ3n) is 2.30. The van der Waals surface area contributed by atoms with Crippen LogP contribution in [0.2, 0.25) is 0 Å². The highest BCUT2D eigenvalue weighted by molar-refractivity contribution is 5.81. The van der Waals surface area contributed by atoms with E-state index in [0.717, 1.165) is 0 Å². The number of carbonyl (C=O) groups is 2. The number of halogens is 3. The van der Waals surface area contributed by atoms with Gasteiger partial charge in [0.25, 0.3) is 0 Å². The molecule has 0 aromatic carbocycles. The molecule has 0 heterocycles. The van der Waals surface area contributed by atoms with Gasteiger partial charge in [0.05, 0.1) is 7.11 Å². The molecule has 0 saturated heterocycles. The predicted octanol–water partition coefficient (Wildman–Crippen LogP) is 0.596. The number of unbranched alkanes of at least 4 members (excludes halogenated alkanes) is 1. The molecule has 8 heteroatoms. The second-order valence-electron chi connectivity index (χ2n) is 3.61. The van der Waals surface area contributed by atoms with Crippen LogP contribution in [0.1, 0.15) is 19.3 Å². The van der Waals surface area contributed by atoms with E-state index >= 15 is 0 Å². The van der Waals surface area contributed by atoms with Crippen molar-refractivity contribution in [1.82, 2.24) is 10.6 Å². The Labute approximate surface area is 103 Å². The highest BCUT2D eigenvalue weighted by atomic mass is 19.4. The summed E-state index contributed by atoms with van der Waals surface area (Å²) in [4.78, 5) is 21.6. The molecule has 5 nitrogen and oxygen atoms in total.